The van der Waals surface area contributed by atoms with Crippen molar-refractivity contribution in [1.29, 1.82) is 0 Å². The van der Waals surface area contributed by atoms with E-state index >= 15 is 0 Å². The Morgan fingerprint density at radius 3 is 2.45 bits per heavy atom. The quantitative estimate of drug-likeness (QED) is 0.820. The van der Waals surface area contributed by atoms with Crippen molar-refractivity contribution in [3.05, 3.63) is 27.7 Å². The van der Waals surface area contributed by atoms with Crippen molar-refractivity contribution >= 4 is 39.2 Å². The van der Waals surface area contributed by atoms with Crippen LogP contribution in [0.3, 0.4) is 0 Å². The maximum Gasteiger partial charge on any atom is 0.337 e. The molecular formula is C11H14Cl2N2O4S. The first kappa shape index (κ1) is 17.2. The molecule has 0 atom stereocenters. The molecule has 1 rings (SSSR count). The molecule has 0 bridgehead atoms. The predicted octanol–water partition coefficient (Wildman–Crippen LogP) is 1.53. The summed E-state index contributed by atoms with van der Waals surface area (Å²) in [5.41, 5.74) is -0.354. The minimum absolute atomic E-state index is 0.0141. The molecule has 0 aliphatic heterocycles. The van der Waals surface area contributed by atoms with Gasteiger partial charge in [-0.2, -0.15) is 0 Å². The Labute approximate surface area is 127 Å². The van der Waals surface area contributed by atoms with Gasteiger partial charge < -0.3 is 10.0 Å². The van der Waals surface area contributed by atoms with Crippen LogP contribution in [0.1, 0.15) is 10.4 Å². The molecule has 20 heavy (non-hydrogen) atoms. The van der Waals surface area contributed by atoms with Crippen LogP contribution in [0.2, 0.25) is 10.0 Å². The highest BCUT2D eigenvalue weighted by molar-refractivity contribution is 7.89. The van der Waals surface area contributed by atoms with Gasteiger partial charge in [-0.1, -0.05) is 23.2 Å². The fourth-order valence-corrected chi connectivity index (χ4v) is 3.32. The van der Waals surface area contributed by atoms with Crippen molar-refractivity contribution in [2.45, 2.75) is 4.90 Å². The zero-order valence-electron chi connectivity index (χ0n) is 10.9. The number of hydrogen-bond acceptors (Lipinski definition) is 4. The fourth-order valence-electron chi connectivity index (χ4n) is 1.40. The molecule has 0 heterocycles. The number of halogens is 2. The number of sulfonamides is 1. The molecule has 6 nitrogen and oxygen atoms in total. The third kappa shape index (κ3) is 4.32. The topological polar surface area (TPSA) is 86.7 Å². The van der Waals surface area contributed by atoms with Crippen molar-refractivity contribution in [3.8, 4) is 0 Å². The summed E-state index contributed by atoms with van der Waals surface area (Å²) in [5.74, 6) is -1.35. The molecule has 2 N–H and O–H groups in total. The summed E-state index contributed by atoms with van der Waals surface area (Å²) < 4.78 is 26.5. The summed E-state index contributed by atoms with van der Waals surface area (Å²) in [5, 5.41) is 8.59. The number of carboxylic acids is 1. The van der Waals surface area contributed by atoms with E-state index in [4.69, 9.17) is 28.3 Å². The number of carboxylic acid groups (broad SMARTS) is 1. The Balaban J connectivity index is 3.15. The van der Waals surface area contributed by atoms with Gasteiger partial charge in [-0.05, 0) is 26.2 Å². The number of likely N-dealkylation sites (N-methyl/N-ethyl adjacent to an activating group) is 1. The molecule has 1 aromatic carbocycles. The van der Waals surface area contributed by atoms with Gasteiger partial charge in [-0.25, -0.2) is 17.9 Å². The molecule has 1 aromatic rings. The molecule has 0 spiro atoms. The minimum atomic E-state index is -3.92. The van der Waals surface area contributed by atoms with Gasteiger partial charge in [-0.15, -0.1) is 0 Å². The SMILES string of the molecule is CN(C)CCNS(=O)(=O)c1cc(Cl)cc(C(=O)O)c1Cl. The fraction of sp³-hybridized carbons (Fsp3) is 0.364. The van der Waals surface area contributed by atoms with Gasteiger partial charge in [0.1, 0.15) is 4.90 Å². The average Bonchev–Trinajstić information content (AvgIpc) is 2.30. The standard InChI is InChI=1S/C11H14Cl2N2O4S/c1-15(2)4-3-14-20(18,19)9-6-7(12)5-8(10(9)13)11(16)17/h5-6,14H,3-4H2,1-2H3,(H,16,17). The van der Waals surface area contributed by atoms with Crippen molar-refractivity contribution < 1.29 is 18.3 Å². The zero-order valence-corrected chi connectivity index (χ0v) is 13.2. The summed E-state index contributed by atoms with van der Waals surface area (Å²) >= 11 is 11.6. The second-order valence-corrected chi connectivity index (χ2v) is 6.82. The van der Waals surface area contributed by atoms with E-state index in [2.05, 4.69) is 4.72 Å². The molecule has 0 aromatic heterocycles. The molecular weight excluding hydrogens is 327 g/mol. The van der Waals surface area contributed by atoms with Crippen LogP contribution in [0, 0.1) is 0 Å². The van der Waals surface area contributed by atoms with Crippen LogP contribution in [-0.2, 0) is 10.0 Å². The first-order valence-corrected chi connectivity index (χ1v) is 7.76. The molecule has 0 radical (unpaired) electrons. The number of carbonyl (C=O) groups is 1. The van der Waals surface area contributed by atoms with E-state index in [-0.39, 0.29) is 27.0 Å². The van der Waals surface area contributed by atoms with E-state index in [1.165, 1.54) is 0 Å². The van der Waals surface area contributed by atoms with Gasteiger partial charge in [0, 0.05) is 18.1 Å². The molecule has 0 saturated carbocycles. The molecule has 0 amide bonds. The Bertz CT molecular complexity index is 617. The second-order valence-electron chi connectivity index (χ2n) is 4.27. The lowest BCUT2D eigenvalue weighted by Crippen LogP contribution is -2.31. The Kier molecular flexibility index (Phi) is 5.79. The Morgan fingerprint density at radius 2 is 1.95 bits per heavy atom. The molecule has 0 saturated heterocycles. The summed E-state index contributed by atoms with van der Waals surface area (Å²) in [6.45, 7) is 0.657. The largest absolute Gasteiger partial charge is 0.478 e. The van der Waals surface area contributed by atoms with Crippen LogP contribution in [0.4, 0.5) is 0 Å². The van der Waals surface area contributed by atoms with Gasteiger partial charge in [-0.3, -0.25) is 0 Å². The van der Waals surface area contributed by atoms with E-state index in [1.807, 2.05) is 0 Å². The van der Waals surface area contributed by atoms with Crippen molar-refractivity contribution in [1.82, 2.24) is 9.62 Å². The first-order valence-electron chi connectivity index (χ1n) is 5.52. The van der Waals surface area contributed by atoms with Crippen molar-refractivity contribution in [3.63, 3.8) is 0 Å². The number of aromatic carboxylic acids is 1. The minimum Gasteiger partial charge on any atom is -0.478 e. The van der Waals surface area contributed by atoms with Crippen LogP contribution < -0.4 is 4.72 Å². The van der Waals surface area contributed by atoms with E-state index < -0.39 is 16.0 Å². The van der Waals surface area contributed by atoms with E-state index in [1.54, 1.807) is 19.0 Å². The molecule has 0 aliphatic carbocycles. The van der Waals surface area contributed by atoms with E-state index in [0.717, 1.165) is 12.1 Å². The molecule has 0 aliphatic rings. The lowest BCUT2D eigenvalue weighted by atomic mass is 10.2. The molecule has 0 fully saturated rings. The highest BCUT2D eigenvalue weighted by atomic mass is 35.5. The Hall–Kier alpha value is -0.860. The normalized spacial score (nSPS) is 11.8. The zero-order chi connectivity index (χ0) is 15.5. The average molecular weight is 341 g/mol. The number of nitrogens with one attached hydrogen (secondary N) is 1. The Morgan fingerprint density at radius 1 is 1.35 bits per heavy atom. The van der Waals surface area contributed by atoms with Crippen LogP contribution >= 0.6 is 23.2 Å². The summed E-state index contributed by atoms with van der Waals surface area (Å²) in [7, 11) is -0.332. The van der Waals surface area contributed by atoms with Crippen molar-refractivity contribution in [2.75, 3.05) is 27.2 Å². The van der Waals surface area contributed by atoms with Crippen LogP contribution in [0.15, 0.2) is 17.0 Å². The second kappa shape index (κ2) is 6.73. The maximum absolute atomic E-state index is 12.1. The smallest absolute Gasteiger partial charge is 0.337 e. The summed E-state index contributed by atoms with van der Waals surface area (Å²) in [6, 6.07) is 2.22. The van der Waals surface area contributed by atoms with E-state index in [0.29, 0.717) is 6.54 Å². The van der Waals surface area contributed by atoms with Gasteiger partial charge >= 0.3 is 5.97 Å². The number of hydrogen-bond donors (Lipinski definition) is 2. The highest BCUT2D eigenvalue weighted by Gasteiger charge is 2.23. The van der Waals surface area contributed by atoms with Gasteiger partial charge in [0.15, 0.2) is 0 Å². The third-order valence-electron chi connectivity index (χ3n) is 2.38. The van der Waals surface area contributed by atoms with Gasteiger partial charge in [0.25, 0.3) is 0 Å². The predicted molar refractivity (Wildman–Crippen MR) is 77.2 cm³/mol. The first-order chi connectivity index (χ1) is 9.15. The van der Waals surface area contributed by atoms with Gasteiger partial charge in [0.2, 0.25) is 10.0 Å². The lowest BCUT2D eigenvalue weighted by molar-refractivity contribution is 0.0697. The molecule has 112 valence electrons. The number of rotatable bonds is 6. The summed E-state index contributed by atoms with van der Waals surface area (Å²) in [4.78, 5) is 12.4. The van der Waals surface area contributed by atoms with Crippen LogP contribution in [0.5, 0.6) is 0 Å². The number of benzene rings is 1. The third-order valence-corrected chi connectivity index (χ3v) is 4.60. The molecule has 9 heteroatoms. The van der Waals surface area contributed by atoms with Crippen LogP contribution in [0.25, 0.3) is 0 Å². The summed E-state index contributed by atoms with van der Waals surface area (Å²) in [6.07, 6.45) is 0. The van der Waals surface area contributed by atoms with Gasteiger partial charge in [0.05, 0.1) is 10.6 Å². The van der Waals surface area contributed by atoms with E-state index in [9.17, 15) is 13.2 Å². The maximum atomic E-state index is 12.1. The monoisotopic (exact) mass is 340 g/mol. The van der Waals surface area contributed by atoms with Crippen LogP contribution in [-0.4, -0.2) is 51.6 Å². The highest BCUT2D eigenvalue weighted by Crippen LogP contribution is 2.29. The lowest BCUT2D eigenvalue weighted by Gasteiger charge is -2.13. The number of nitrogens with zero attached hydrogens (tertiary/aromatic N) is 1. The van der Waals surface area contributed by atoms with Crippen molar-refractivity contribution in [2.24, 2.45) is 0 Å². The molecule has 0 unspecified atom stereocenters.